The maximum atomic E-state index is 13.8. The molecule has 0 amide bonds. The van der Waals surface area contributed by atoms with Crippen LogP contribution in [0.15, 0.2) is 36.4 Å². The van der Waals surface area contributed by atoms with Gasteiger partial charge in [0.15, 0.2) is 23.1 Å². The molecule has 0 saturated carbocycles. The number of halogens is 1. The van der Waals surface area contributed by atoms with Crippen LogP contribution in [0.2, 0.25) is 0 Å². The Bertz CT molecular complexity index is 1030. The van der Waals surface area contributed by atoms with Gasteiger partial charge >= 0.3 is 0 Å². The molecule has 1 heterocycles. The van der Waals surface area contributed by atoms with Crippen LogP contribution >= 0.6 is 0 Å². The summed E-state index contributed by atoms with van der Waals surface area (Å²) in [6.45, 7) is 8.56. The lowest BCUT2D eigenvalue weighted by atomic mass is 9.78. The van der Waals surface area contributed by atoms with Crippen LogP contribution in [0.5, 0.6) is 5.75 Å². The Labute approximate surface area is 179 Å². The van der Waals surface area contributed by atoms with E-state index in [9.17, 15) is 18.2 Å². The molecule has 0 spiro atoms. The number of hydrogen-bond acceptors (Lipinski definition) is 4. The first-order valence-electron chi connectivity index (χ1n) is 9.94. The summed E-state index contributed by atoms with van der Waals surface area (Å²) in [6, 6.07) is 10.2. The quantitative estimate of drug-likeness (QED) is 0.665. The molecule has 1 saturated heterocycles. The molecule has 160 valence electrons. The highest BCUT2D eigenvalue weighted by Gasteiger charge is 2.57. The summed E-state index contributed by atoms with van der Waals surface area (Å²) < 4.78 is 29.5. The van der Waals surface area contributed by atoms with E-state index in [2.05, 4.69) is 0 Å². The first-order chi connectivity index (χ1) is 14.0. The van der Waals surface area contributed by atoms with Gasteiger partial charge in [0.2, 0.25) is 0 Å². The maximum Gasteiger partial charge on any atom is 0.165 e. The van der Waals surface area contributed by atoms with Crippen molar-refractivity contribution in [1.82, 2.24) is 0 Å². The van der Waals surface area contributed by atoms with Crippen LogP contribution in [0, 0.1) is 5.82 Å². The molecule has 30 heavy (non-hydrogen) atoms. The minimum Gasteiger partial charge on any atom is -0.494 e. The van der Waals surface area contributed by atoms with Crippen molar-refractivity contribution in [3.8, 4) is 16.9 Å². The summed E-state index contributed by atoms with van der Waals surface area (Å²) in [5.41, 5.74) is 3.13. The van der Waals surface area contributed by atoms with Gasteiger partial charge in [-0.25, -0.2) is 4.39 Å². The largest absolute Gasteiger partial charge is 0.494 e. The summed E-state index contributed by atoms with van der Waals surface area (Å²) in [7, 11) is -0.200. The van der Waals surface area contributed by atoms with Gasteiger partial charge < -0.3 is 4.74 Å². The highest BCUT2D eigenvalue weighted by atomic mass is 32.2. The molecule has 0 N–H and O–H groups in total. The lowest BCUT2D eigenvalue weighted by Crippen LogP contribution is -2.59. The van der Waals surface area contributed by atoms with Crippen molar-refractivity contribution in [2.75, 3.05) is 7.11 Å². The number of hydrogen-bond donors (Lipinski definition) is 0. The van der Waals surface area contributed by atoms with Crippen molar-refractivity contribution in [3.05, 3.63) is 53.3 Å². The third kappa shape index (κ3) is 3.41. The lowest BCUT2D eigenvalue weighted by Gasteiger charge is -2.41. The maximum absolute atomic E-state index is 13.8. The normalized spacial score (nSPS) is 22.8. The molecule has 0 radical (unpaired) electrons. The lowest BCUT2D eigenvalue weighted by molar-refractivity contribution is -0.132. The van der Waals surface area contributed by atoms with E-state index in [4.69, 9.17) is 4.74 Å². The van der Waals surface area contributed by atoms with Crippen molar-refractivity contribution in [3.63, 3.8) is 0 Å². The molecule has 4 nitrogen and oxygen atoms in total. The molecule has 2 aromatic rings. The Hall–Kier alpha value is -2.34. The fourth-order valence-electron chi connectivity index (χ4n) is 4.13. The molecule has 0 aromatic heterocycles. The highest BCUT2D eigenvalue weighted by Crippen LogP contribution is 2.42. The second-order valence-electron chi connectivity index (χ2n) is 8.57. The van der Waals surface area contributed by atoms with Gasteiger partial charge in [-0.15, -0.1) is 0 Å². The first-order valence-corrected chi connectivity index (χ1v) is 11.1. The number of rotatable bonds is 4. The Morgan fingerprint density at radius 2 is 1.50 bits per heavy atom. The molecule has 3 rings (SSSR count). The first kappa shape index (κ1) is 22.3. The van der Waals surface area contributed by atoms with Crippen LogP contribution in [0.1, 0.15) is 51.7 Å². The van der Waals surface area contributed by atoms with E-state index in [0.717, 1.165) is 16.7 Å². The van der Waals surface area contributed by atoms with Crippen molar-refractivity contribution >= 4 is 22.4 Å². The van der Waals surface area contributed by atoms with E-state index in [0.29, 0.717) is 12.0 Å². The van der Waals surface area contributed by atoms with E-state index in [1.54, 1.807) is 45.9 Å². The van der Waals surface area contributed by atoms with E-state index < -0.39 is 32.0 Å². The number of carbonyl (C=O) groups is 2. The fraction of sp³-hybridized carbons (Fsp3) is 0.417. The molecular weight excluding hydrogens is 403 g/mol. The SMILES string of the molecule is CCc1cc(-c2ccc(F)c(OC)c2)ccc1C1C(=O)C(C)(C)S(=O)C(C)(C)C1=O. The van der Waals surface area contributed by atoms with Gasteiger partial charge in [0.25, 0.3) is 0 Å². The average molecular weight is 431 g/mol. The number of Topliss-reactive ketones (excluding diaryl/α,β-unsaturated/α-hetero) is 2. The zero-order chi connectivity index (χ0) is 22.4. The fourth-order valence-corrected chi connectivity index (χ4v) is 6.01. The van der Waals surface area contributed by atoms with Crippen LogP contribution < -0.4 is 4.74 Å². The second kappa shape index (κ2) is 7.73. The highest BCUT2D eigenvalue weighted by molar-refractivity contribution is 7.89. The van der Waals surface area contributed by atoms with E-state index in [-0.39, 0.29) is 17.3 Å². The number of ketones is 2. The van der Waals surface area contributed by atoms with E-state index >= 15 is 0 Å². The van der Waals surface area contributed by atoms with E-state index in [1.807, 2.05) is 19.1 Å². The van der Waals surface area contributed by atoms with Crippen molar-refractivity contribution in [2.24, 2.45) is 0 Å². The molecule has 1 aliphatic rings. The minimum absolute atomic E-state index is 0.151. The predicted molar refractivity (Wildman–Crippen MR) is 117 cm³/mol. The predicted octanol–water partition coefficient (Wildman–Crippen LogP) is 4.61. The summed E-state index contributed by atoms with van der Waals surface area (Å²) in [4.78, 5) is 26.5. The van der Waals surface area contributed by atoms with Crippen molar-refractivity contribution in [1.29, 1.82) is 0 Å². The van der Waals surface area contributed by atoms with Gasteiger partial charge in [-0.05, 0) is 68.5 Å². The molecule has 0 unspecified atom stereocenters. The number of carbonyl (C=O) groups excluding carboxylic acids is 2. The average Bonchev–Trinajstić information content (AvgIpc) is 2.72. The van der Waals surface area contributed by atoms with Gasteiger partial charge in [-0.3, -0.25) is 13.8 Å². The monoisotopic (exact) mass is 430 g/mol. The molecule has 1 fully saturated rings. The third-order valence-electron chi connectivity index (χ3n) is 5.96. The van der Waals surface area contributed by atoms with Gasteiger partial charge in [0, 0.05) is 10.8 Å². The Morgan fingerprint density at radius 1 is 0.967 bits per heavy atom. The van der Waals surface area contributed by atoms with Crippen LogP contribution in [-0.4, -0.2) is 32.4 Å². The van der Waals surface area contributed by atoms with Gasteiger partial charge in [-0.2, -0.15) is 0 Å². The van der Waals surface area contributed by atoms with Crippen molar-refractivity contribution < 1.29 is 22.9 Å². The van der Waals surface area contributed by atoms with Crippen LogP contribution in [0.4, 0.5) is 4.39 Å². The summed E-state index contributed by atoms with van der Waals surface area (Å²) in [5.74, 6) is -1.85. The van der Waals surface area contributed by atoms with Crippen molar-refractivity contribution in [2.45, 2.75) is 56.5 Å². The Morgan fingerprint density at radius 3 is 2.03 bits per heavy atom. The Kier molecular flexibility index (Phi) is 5.76. The topological polar surface area (TPSA) is 60.4 Å². The summed E-state index contributed by atoms with van der Waals surface area (Å²) >= 11 is 0. The molecule has 0 aliphatic carbocycles. The second-order valence-corrected chi connectivity index (χ2v) is 11.1. The van der Waals surface area contributed by atoms with Gasteiger partial charge in [-0.1, -0.05) is 31.2 Å². The standard InChI is InChI=1S/C24H27FO4S/c1-7-14-12-15(16-9-11-18(25)19(13-16)29-6)8-10-17(14)20-21(26)23(2,3)30(28)24(4,5)22(20)27/h8-13,20H,7H2,1-6H3. The Balaban J connectivity index is 2.12. The van der Waals surface area contributed by atoms with Gasteiger partial charge in [0.1, 0.15) is 15.4 Å². The van der Waals surface area contributed by atoms with Crippen LogP contribution in [0.25, 0.3) is 11.1 Å². The molecule has 0 bridgehead atoms. The molecule has 6 heteroatoms. The number of ether oxygens (including phenoxy) is 1. The smallest absolute Gasteiger partial charge is 0.165 e. The molecule has 1 aliphatic heterocycles. The summed E-state index contributed by atoms with van der Waals surface area (Å²) in [5, 5.41) is 0. The van der Waals surface area contributed by atoms with Gasteiger partial charge in [0.05, 0.1) is 7.11 Å². The molecular formula is C24H27FO4S. The van der Waals surface area contributed by atoms with Crippen LogP contribution in [-0.2, 0) is 26.8 Å². The number of aryl methyl sites for hydroxylation is 1. The van der Waals surface area contributed by atoms with Crippen LogP contribution in [0.3, 0.4) is 0 Å². The summed E-state index contributed by atoms with van der Waals surface area (Å²) in [6.07, 6.45) is 0.614. The van der Waals surface area contributed by atoms with E-state index in [1.165, 1.54) is 13.2 Å². The molecule has 0 atom stereocenters. The number of benzene rings is 2. The third-order valence-corrected chi connectivity index (χ3v) is 8.21. The molecule has 2 aromatic carbocycles. The zero-order valence-corrected chi connectivity index (χ0v) is 19.0. The zero-order valence-electron chi connectivity index (χ0n) is 18.2. The number of methoxy groups -OCH3 is 1. The minimum atomic E-state index is -1.61.